The SMILES string of the molecule is COc1nn(C)cc1C(=O)NS1(=O)=NC(=O)C2=CC=C3OC[C@]4(CCCc5cc(Cl)ccc54)CN(C[C@@H]4CC[C@H]4[C@](O)(CCN4CCOCC4)/C=C/C[C@H](C)C1)C3C2. The Balaban J connectivity index is 1.17. The smallest absolute Gasteiger partial charge is 0.282 e. The first-order valence-electron chi connectivity index (χ1n) is 20.8. The molecule has 2 N–H and O–H groups in total. The second kappa shape index (κ2) is 16.8. The highest BCUT2D eigenvalue weighted by Crippen LogP contribution is 2.48. The number of hydrogen-bond donors (Lipinski definition) is 2. The second-order valence-corrected chi connectivity index (χ2v) is 19.8. The molecule has 314 valence electrons. The van der Waals surface area contributed by atoms with E-state index in [2.05, 4.69) is 36.1 Å². The Morgan fingerprint density at radius 3 is 2.81 bits per heavy atom. The highest BCUT2D eigenvalue weighted by Gasteiger charge is 2.50. The third kappa shape index (κ3) is 8.55. The number of morpholine rings is 1. The molecular weight excluding hydrogens is 780 g/mol. The minimum atomic E-state index is -3.65. The van der Waals surface area contributed by atoms with Gasteiger partial charge < -0.3 is 19.3 Å². The first-order valence-corrected chi connectivity index (χ1v) is 22.9. The van der Waals surface area contributed by atoms with Crippen molar-refractivity contribution >= 4 is 33.3 Å². The van der Waals surface area contributed by atoms with Crippen LogP contribution in [0.2, 0.25) is 5.02 Å². The largest absolute Gasteiger partial charge is 0.495 e. The third-order valence-corrected chi connectivity index (χ3v) is 15.5. The molecule has 4 heterocycles. The van der Waals surface area contributed by atoms with E-state index < -0.39 is 27.3 Å². The van der Waals surface area contributed by atoms with Gasteiger partial charge in [0.05, 0.1) is 44.3 Å². The van der Waals surface area contributed by atoms with E-state index in [-0.39, 0.29) is 46.4 Å². The fourth-order valence-corrected chi connectivity index (χ4v) is 12.2. The zero-order valence-corrected chi connectivity index (χ0v) is 35.4. The van der Waals surface area contributed by atoms with Gasteiger partial charge in [0.1, 0.15) is 21.2 Å². The molecule has 2 aromatic rings. The summed E-state index contributed by atoms with van der Waals surface area (Å²) in [6, 6.07) is 5.96. The van der Waals surface area contributed by atoms with Gasteiger partial charge in [0.15, 0.2) is 0 Å². The van der Waals surface area contributed by atoms with E-state index in [0.29, 0.717) is 51.2 Å². The Kier molecular flexibility index (Phi) is 12.0. The number of nitrogens with one attached hydrogen (secondary N) is 1. The predicted octanol–water partition coefficient (Wildman–Crippen LogP) is 4.99. The maximum Gasteiger partial charge on any atom is 0.282 e. The van der Waals surface area contributed by atoms with E-state index in [4.69, 9.17) is 25.8 Å². The van der Waals surface area contributed by atoms with E-state index in [0.717, 1.165) is 69.1 Å². The number of hydrogen-bond acceptors (Lipinski definition) is 10. The third-order valence-electron chi connectivity index (χ3n) is 13.3. The summed E-state index contributed by atoms with van der Waals surface area (Å²) < 4.78 is 41.0. The molecule has 7 atom stereocenters. The molecule has 3 aliphatic heterocycles. The number of halogens is 1. The number of nitrogens with zero attached hydrogens (tertiary/aromatic N) is 5. The van der Waals surface area contributed by atoms with Crippen LogP contribution in [0.25, 0.3) is 0 Å². The number of ether oxygens (including phenoxy) is 3. The molecule has 8 rings (SSSR count). The summed E-state index contributed by atoms with van der Waals surface area (Å²) in [5.74, 6) is -0.522. The number of benzene rings is 1. The van der Waals surface area contributed by atoms with Crippen LogP contribution in [0.15, 0.2) is 64.4 Å². The molecule has 15 heteroatoms. The number of carbonyl (C=O) groups excluding carboxylic acids is 2. The number of amides is 2. The van der Waals surface area contributed by atoms with Crippen molar-refractivity contribution < 1.29 is 33.1 Å². The van der Waals surface area contributed by atoms with Crippen LogP contribution in [0.1, 0.15) is 73.4 Å². The summed E-state index contributed by atoms with van der Waals surface area (Å²) in [4.78, 5) is 32.8. The van der Waals surface area contributed by atoms with Crippen molar-refractivity contribution in [3.05, 3.63) is 81.7 Å². The Morgan fingerprint density at radius 2 is 2.03 bits per heavy atom. The molecular formula is C43H57ClN6O7S. The summed E-state index contributed by atoms with van der Waals surface area (Å²) in [6.45, 7) is 7.68. The molecule has 0 radical (unpaired) electrons. The first kappa shape index (κ1) is 41.2. The average Bonchev–Trinajstić information content (AvgIpc) is 3.50. The van der Waals surface area contributed by atoms with Crippen LogP contribution in [-0.2, 0) is 43.1 Å². The van der Waals surface area contributed by atoms with Gasteiger partial charge in [-0.2, -0.15) is 0 Å². The van der Waals surface area contributed by atoms with Gasteiger partial charge in [-0.1, -0.05) is 36.7 Å². The maximum absolute atomic E-state index is 14.8. The normalized spacial score (nSPS) is 33.8. The molecule has 1 spiro atoms. The summed E-state index contributed by atoms with van der Waals surface area (Å²) >= 11 is 6.52. The number of aromatic nitrogens is 2. The zero-order chi connectivity index (χ0) is 40.7. The molecule has 13 nitrogen and oxygen atoms in total. The molecule has 6 aliphatic rings. The van der Waals surface area contributed by atoms with Crippen molar-refractivity contribution in [3.63, 3.8) is 0 Å². The van der Waals surface area contributed by atoms with Gasteiger partial charge in [0.25, 0.3) is 11.8 Å². The summed E-state index contributed by atoms with van der Waals surface area (Å²) in [5.41, 5.74) is 1.66. The van der Waals surface area contributed by atoms with E-state index in [1.54, 1.807) is 13.1 Å². The Hall–Kier alpha value is -3.53. The van der Waals surface area contributed by atoms with Crippen molar-refractivity contribution in [1.82, 2.24) is 24.3 Å². The topological polar surface area (TPSA) is 148 Å². The Labute approximate surface area is 347 Å². The molecule has 1 saturated carbocycles. The van der Waals surface area contributed by atoms with Crippen LogP contribution < -0.4 is 9.46 Å². The van der Waals surface area contributed by atoms with Gasteiger partial charge in [0.2, 0.25) is 5.88 Å². The fourth-order valence-electron chi connectivity index (χ4n) is 10.1. The zero-order valence-electron chi connectivity index (χ0n) is 33.9. The van der Waals surface area contributed by atoms with E-state index in [1.165, 1.54) is 29.1 Å². The lowest BCUT2D eigenvalue weighted by Crippen LogP contribution is -2.54. The molecule has 2 unspecified atom stereocenters. The van der Waals surface area contributed by atoms with Gasteiger partial charge in [-0.3, -0.25) is 28.8 Å². The number of allylic oxidation sites excluding steroid dienone is 3. The van der Waals surface area contributed by atoms with Crippen LogP contribution in [-0.4, -0.2) is 118 Å². The van der Waals surface area contributed by atoms with Gasteiger partial charge in [-0.15, -0.1) is 9.46 Å². The number of aryl methyl sites for hydroxylation is 2. The van der Waals surface area contributed by atoms with Crippen molar-refractivity contribution in [2.45, 2.75) is 75.3 Å². The number of rotatable bonds is 6. The number of aliphatic hydroxyl groups is 1. The quantitative estimate of drug-likeness (QED) is 0.382. The predicted molar refractivity (Wildman–Crippen MR) is 222 cm³/mol. The second-order valence-electron chi connectivity index (χ2n) is 17.4. The highest BCUT2D eigenvalue weighted by atomic mass is 35.5. The molecule has 3 fully saturated rings. The Bertz CT molecular complexity index is 2120. The molecule has 58 heavy (non-hydrogen) atoms. The molecule has 1 aromatic heterocycles. The van der Waals surface area contributed by atoms with E-state index >= 15 is 0 Å². The summed E-state index contributed by atoms with van der Waals surface area (Å²) in [7, 11) is -0.585. The van der Waals surface area contributed by atoms with Gasteiger partial charge in [-0.05, 0) is 98.1 Å². The number of fused-ring (bicyclic) bond motifs is 4. The molecule has 2 amide bonds. The van der Waals surface area contributed by atoms with Gasteiger partial charge >= 0.3 is 0 Å². The lowest BCUT2D eigenvalue weighted by Gasteiger charge is -2.50. The molecule has 3 aliphatic carbocycles. The first-order chi connectivity index (χ1) is 27.9. The maximum atomic E-state index is 14.8. The monoisotopic (exact) mass is 836 g/mol. The molecule has 1 aromatic carbocycles. The Morgan fingerprint density at radius 1 is 1.21 bits per heavy atom. The van der Waals surface area contributed by atoms with Crippen LogP contribution >= 0.6 is 11.6 Å². The summed E-state index contributed by atoms with van der Waals surface area (Å²) in [6.07, 6.45) is 15.3. The van der Waals surface area contributed by atoms with Crippen molar-refractivity contribution in [3.8, 4) is 5.88 Å². The van der Waals surface area contributed by atoms with Crippen LogP contribution in [0.5, 0.6) is 5.88 Å². The van der Waals surface area contributed by atoms with Gasteiger partial charge in [-0.25, -0.2) is 4.21 Å². The van der Waals surface area contributed by atoms with Crippen molar-refractivity contribution in [2.24, 2.45) is 29.2 Å². The van der Waals surface area contributed by atoms with Crippen LogP contribution in [0.4, 0.5) is 0 Å². The minimum Gasteiger partial charge on any atom is -0.495 e. The molecule has 2 saturated heterocycles. The number of methoxy groups -OCH3 is 1. The van der Waals surface area contributed by atoms with Crippen molar-refractivity contribution in [1.29, 1.82) is 0 Å². The van der Waals surface area contributed by atoms with Crippen molar-refractivity contribution in [2.75, 3.05) is 65.4 Å². The molecule has 2 bridgehead atoms. The lowest BCUT2D eigenvalue weighted by molar-refractivity contribution is -0.114. The van der Waals surface area contributed by atoms with E-state index in [9.17, 15) is 18.9 Å². The number of carbonyl (C=O) groups is 2. The summed E-state index contributed by atoms with van der Waals surface area (Å²) in [5, 5.41) is 17.7. The average molecular weight is 837 g/mol. The van der Waals surface area contributed by atoms with Crippen LogP contribution in [0.3, 0.4) is 0 Å². The fraction of sp³-hybridized carbons (Fsp3) is 0.605. The minimum absolute atomic E-state index is 0.0335. The lowest BCUT2D eigenvalue weighted by atomic mass is 9.63. The highest BCUT2D eigenvalue weighted by molar-refractivity contribution is 7.92. The van der Waals surface area contributed by atoms with Gasteiger partial charge in [0, 0.05) is 68.4 Å². The van der Waals surface area contributed by atoms with Crippen LogP contribution in [0, 0.1) is 17.8 Å². The van der Waals surface area contributed by atoms with E-state index in [1.807, 2.05) is 31.2 Å². The standard InChI is InChI=1S/C43H57ClN6O7S/c1-29-6-4-15-43(53,16-17-49-18-20-56-21-19-49)36-11-8-32(36)24-50-27-42(14-5-7-30-22-33(44)10-12-35(30)42)28-57-38-13-9-31(23-37(38)50)39(51)46-58(54,26-29)47-40(52)34-25-48(2)45-41(34)55-3/h4,9-10,12-13,15,22,25,29,32,36-37,53H,5-8,11,14,16-21,23-24,26-28H2,1-3H3,(H,46,47,51,52,54)/b15-4+/t29-,32-,36+,37?,42-,43+,58?/m0/s1.